The van der Waals surface area contributed by atoms with Crippen LogP contribution < -0.4 is 0 Å². The highest BCUT2D eigenvalue weighted by molar-refractivity contribution is 6.17. The molecule has 0 aromatic carbocycles. The summed E-state index contributed by atoms with van der Waals surface area (Å²) < 4.78 is 0. The van der Waals surface area contributed by atoms with E-state index in [2.05, 4.69) is 26.8 Å². The van der Waals surface area contributed by atoms with Crippen LogP contribution in [-0.4, -0.2) is 5.88 Å². The van der Waals surface area contributed by atoms with Crippen molar-refractivity contribution in [1.82, 2.24) is 0 Å². The zero-order valence-corrected chi connectivity index (χ0v) is 8.62. The van der Waals surface area contributed by atoms with E-state index in [4.69, 9.17) is 11.6 Å². The quantitative estimate of drug-likeness (QED) is 0.437. The minimum absolute atomic E-state index is 0.749. The molecule has 0 fully saturated rings. The summed E-state index contributed by atoms with van der Waals surface area (Å²) in [7, 11) is 0. The molecule has 66 valence electrons. The van der Waals surface area contributed by atoms with Gasteiger partial charge in [-0.15, -0.1) is 11.6 Å². The lowest BCUT2D eigenvalue weighted by molar-refractivity contribution is 0.584. The largest absolute Gasteiger partial charge is 0.126 e. The van der Waals surface area contributed by atoms with Gasteiger partial charge in [-0.3, -0.25) is 0 Å². The summed E-state index contributed by atoms with van der Waals surface area (Å²) in [4.78, 5) is 0. The fourth-order valence-corrected chi connectivity index (χ4v) is 1.03. The molecular formula is C10H19Cl. The van der Waals surface area contributed by atoms with Gasteiger partial charge in [0, 0.05) is 5.88 Å². The molecule has 0 N–H and O–H groups in total. The average molecular weight is 175 g/mol. The molecule has 0 saturated heterocycles. The standard InChI is InChI=1S/C10H19Cl/c1-9(2)6-7-10(3)5-4-8-11/h5,9H,4,6-8H2,1-3H3. The summed E-state index contributed by atoms with van der Waals surface area (Å²) in [5.41, 5.74) is 1.49. The molecule has 0 aliphatic carbocycles. The lowest BCUT2D eigenvalue weighted by Crippen LogP contribution is -1.87. The van der Waals surface area contributed by atoms with E-state index >= 15 is 0 Å². The van der Waals surface area contributed by atoms with Gasteiger partial charge in [-0.1, -0.05) is 25.5 Å². The second-order valence-corrected chi connectivity index (χ2v) is 3.84. The fraction of sp³-hybridized carbons (Fsp3) is 0.800. The van der Waals surface area contributed by atoms with Crippen molar-refractivity contribution in [2.45, 2.75) is 40.0 Å². The van der Waals surface area contributed by atoms with E-state index in [0.29, 0.717) is 0 Å². The van der Waals surface area contributed by atoms with Gasteiger partial charge in [0.1, 0.15) is 0 Å². The summed E-state index contributed by atoms with van der Waals surface area (Å²) in [6.07, 6.45) is 5.79. The van der Waals surface area contributed by atoms with Gasteiger partial charge in [0.2, 0.25) is 0 Å². The third-order valence-corrected chi connectivity index (χ3v) is 1.94. The predicted octanol–water partition coefficient (Wildman–Crippen LogP) is 4.00. The van der Waals surface area contributed by atoms with Crippen LogP contribution in [0, 0.1) is 5.92 Å². The Balaban J connectivity index is 3.42. The average Bonchev–Trinajstić information content (AvgIpc) is 1.97. The first-order valence-electron chi connectivity index (χ1n) is 4.38. The lowest BCUT2D eigenvalue weighted by Gasteiger charge is -2.03. The first-order valence-corrected chi connectivity index (χ1v) is 4.92. The second kappa shape index (κ2) is 6.72. The van der Waals surface area contributed by atoms with E-state index in [1.54, 1.807) is 0 Å². The van der Waals surface area contributed by atoms with Crippen LogP contribution >= 0.6 is 11.6 Å². The number of rotatable bonds is 5. The maximum absolute atomic E-state index is 5.56. The molecule has 0 radical (unpaired) electrons. The van der Waals surface area contributed by atoms with Gasteiger partial charge in [0.25, 0.3) is 0 Å². The van der Waals surface area contributed by atoms with Gasteiger partial charge in [0.15, 0.2) is 0 Å². The molecule has 0 aliphatic rings. The molecule has 0 rings (SSSR count). The number of alkyl halides is 1. The van der Waals surface area contributed by atoms with E-state index in [-0.39, 0.29) is 0 Å². The first-order chi connectivity index (χ1) is 5.16. The van der Waals surface area contributed by atoms with Crippen LogP contribution in [0.25, 0.3) is 0 Å². The number of halogens is 1. The molecule has 0 aromatic heterocycles. The summed E-state index contributed by atoms with van der Waals surface area (Å²) in [6, 6.07) is 0. The highest BCUT2D eigenvalue weighted by Gasteiger charge is 1.94. The fourth-order valence-electron chi connectivity index (χ4n) is 0.919. The van der Waals surface area contributed by atoms with E-state index in [9.17, 15) is 0 Å². The van der Waals surface area contributed by atoms with Crippen LogP contribution in [0.2, 0.25) is 0 Å². The van der Waals surface area contributed by atoms with Crippen molar-refractivity contribution in [1.29, 1.82) is 0 Å². The second-order valence-electron chi connectivity index (χ2n) is 3.46. The molecule has 11 heavy (non-hydrogen) atoms. The number of hydrogen-bond donors (Lipinski definition) is 0. The molecule has 0 aromatic rings. The molecular weight excluding hydrogens is 156 g/mol. The van der Waals surface area contributed by atoms with Crippen molar-refractivity contribution in [3.8, 4) is 0 Å². The molecule has 0 saturated carbocycles. The number of allylic oxidation sites excluding steroid dienone is 2. The lowest BCUT2D eigenvalue weighted by atomic mass is 10.0. The van der Waals surface area contributed by atoms with Gasteiger partial charge in [0.05, 0.1) is 0 Å². The minimum Gasteiger partial charge on any atom is -0.126 e. The molecule has 0 aliphatic heterocycles. The van der Waals surface area contributed by atoms with E-state index in [0.717, 1.165) is 18.2 Å². The van der Waals surface area contributed by atoms with Crippen molar-refractivity contribution < 1.29 is 0 Å². The Morgan fingerprint density at radius 3 is 2.55 bits per heavy atom. The Kier molecular flexibility index (Phi) is 6.74. The van der Waals surface area contributed by atoms with Crippen molar-refractivity contribution >= 4 is 11.6 Å². The molecule has 0 amide bonds. The van der Waals surface area contributed by atoms with Crippen LogP contribution in [0.4, 0.5) is 0 Å². The van der Waals surface area contributed by atoms with Gasteiger partial charge in [-0.05, 0) is 32.1 Å². The number of hydrogen-bond acceptors (Lipinski definition) is 0. The Bertz CT molecular complexity index is 114. The van der Waals surface area contributed by atoms with E-state index in [1.165, 1.54) is 18.4 Å². The maximum Gasteiger partial charge on any atom is 0.0258 e. The van der Waals surface area contributed by atoms with E-state index in [1.807, 2.05) is 0 Å². The topological polar surface area (TPSA) is 0 Å². The van der Waals surface area contributed by atoms with Gasteiger partial charge >= 0.3 is 0 Å². The molecule has 1 heteroatoms. The van der Waals surface area contributed by atoms with Crippen molar-refractivity contribution in [2.24, 2.45) is 5.92 Å². The molecule has 0 nitrogen and oxygen atoms in total. The van der Waals surface area contributed by atoms with Crippen molar-refractivity contribution in [2.75, 3.05) is 5.88 Å². The van der Waals surface area contributed by atoms with Gasteiger partial charge in [-0.25, -0.2) is 0 Å². The summed E-state index contributed by atoms with van der Waals surface area (Å²) in [5.74, 6) is 1.56. The highest BCUT2D eigenvalue weighted by atomic mass is 35.5. The summed E-state index contributed by atoms with van der Waals surface area (Å²) in [5, 5.41) is 0. The Morgan fingerprint density at radius 1 is 1.45 bits per heavy atom. The third kappa shape index (κ3) is 7.93. The van der Waals surface area contributed by atoms with Crippen molar-refractivity contribution in [3.05, 3.63) is 11.6 Å². The molecule has 0 spiro atoms. The summed E-state index contributed by atoms with van der Waals surface area (Å²) in [6.45, 7) is 6.71. The third-order valence-electron chi connectivity index (χ3n) is 1.72. The normalized spacial score (nSPS) is 12.6. The van der Waals surface area contributed by atoms with Crippen LogP contribution in [-0.2, 0) is 0 Å². The van der Waals surface area contributed by atoms with Crippen LogP contribution in [0.15, 0.2) is 11.6 Å². The maximum atomic E-state index is 5.56. The monoisotopic (exact) mass is 174 g/mol. The van der Waals surface area contributed by atoms with Crippen LogP contribution in [0.5, 0.6) is 0 Å². The smallest absolute Gasteiger partial charge is 0.0258 e. The predicted molar refractivity (Wildman–Crippen MR) is 53.2 cm³/mol. The Hall–Kier alpha value is 0.0300. The molecule has 0 bridgehead atoms. The van der Waals surface area contributed by atoms with Crippen LogP contribution in [0.1, 0.15) is 40.0 Å². The van der Waals surface area contributed by atoms with Gasteiger partial charge in [-0.2, -0.15) is 0 Å². The SMILES string of the molecule is CC(=CCCCl)CCC(C)C. The Labute approximate surface area is 75.6 Å². The minimum atomic E-state index is 0.749. The van der Waals surface area contributed by atoms with Gasteiger partial charge < -0.3 is 0 Å². The van der Waals surface area contributed by atoms with E-state index < -0.39 is 0 Å². The van der Waals surface area contributed by atoms with Crippen LogP contribution in [0.3, 0.4) is 0 Å². The van der Waals surface area contributed by atoms with Crippen molar-refractivity contribution in [3.63, 3.8) is 0 Å². The first kappa shape index (κ1) is 11.0. The molecule has 0 unspecified atom stereocenters. The zero-order chi connectivity index (χ0) is 8.69. The summed E-state index contributed by atoms with van der Waals surface area (Å²) >= 11 is 5.56. The Morgan fingerprint density at radius 2 is 2.09 bits per heavy atom. The molecule has 0 heterocycles. The highest BCUT2D eigenvalue weighted by Crippen LogP contribution is 2.11. The molecule has 0 atom stereocenters. The zero-order valence-electron chi connectivity index (χ0n) is 7.86.